The molecule has 2 saturated heterocycles. The van der Waals surface area contributed by atoms with Gasteiger partial charge in [-0.15, -0.1) is 0 Å². The molecule has 1 aromatic carbocycles. The first kappa shape index (κ1) is 16.8. The number of hydrogen-bond acceptors (Lipinski definition) is 5. The van der Waals surface area contributed by atoms with Gasteiger partial charge in [-0.05, 0) is 5.56 Å². The molecule has 2 fully saturated rings. The predicted molar refractivity (Wildman–Crippen MR) is 98.1 cm³/mol. The van der Waals surface area contributed by atoms with Gasteiger partial charge in [-0.1, -0.05) is 30.3 Å². The first-order chi connectivity index (χ1) is 12.7. The van der Waals surface area contributed by atoms with Crippen molar-refractivity contribution in [1.29, 1.82) is 0 Å². The molecule has 0 atom stereocenters. The zero-order valence-corrected chi connectivity index (χ0v) is 14.9. The molecule has 2 aromatic rings. The van der Waals surface area contributed by atoms with Gasteiger partial charge in [-0.2, -0.15) is 0 Å². The van der Waals surface area contributed by atoms with Gasteiger partial charge >= 0.3 is 0 Å². The molecular weight excluding hydrogens is 330 g/mol. The number of carbonyl (C=O) groups excluding carboxylic acids is 1. The summed E-state index contributed by atoms with van der Waals surface area (Å²) in [7, 11) is 1.64. The van der Waals surface area contributed by atoms with E-state index >= 15 is 0 Å². The zero-order valence-electron chi connectivity index (χ0n) is 14.9. The van der Waals surface area contributed by atoms with Crippen molar-refractivity contribution in [3.8, 4) is 5.75 Å². The summed E-state index contributed by atoms with van der Waals surface area (Å²) in [5.74, 6) is 0.814. The van der Waals surface area contributed by atoms with Gasteiger partial charge in [0, 0.05) is 37.7 Å². The molecule has 0 radical (unpaired) electrons. The Kier molecular flexibility index (Phi) is 4.51. The fourth-order valence-corrected chi connectivity index (χ4v) is 3.76. The molecule has 2 aliphatic rings. The van der Waals surface area contributed by atoms with E-state index in [2.05, 4.69) is 22.0 Å². The minimum absolute atomic E-state index is 0.0238. The third-order valence-corrected chi connectivity index (χ3v) is 5.08. The maximum atomic E-state index is 12.4. The Balaban J connectivity index is 1.46. The Labute approximate surface area is 153 Å². The third kappa shape index (κ3) is 3.37. The van der Waals surface area contributed by atoms with Crippen LogP contribution in [0.2, 0.25) is 0 Å². The van der Waals surface area contributed by atoms with Crippen molar-refractivity contribution >= 4 is 11.6 Å². The van der Waals surface area contributed by atoms with Gasteiger partial charge in [0.2, 0.25) is 5.91 Å². The third-order valence-electron chi connectivity index (χ3n) is 5.08. The highest BCUT2D eigenvalue weighted by Crippen LogP contribution is 2.37. The predicted octanol–water partition coefficient (Wildman–Crippen LogP) is 1.96. The van der Waals surface area contributed by atoms with Gasteiger partial charge in [0.05, 0.1) is 31.8 Å². The van der Waals surface area contributed by atoms with Gasteiger partial charge in [-0.3, -0.25) is 9.78 Å². The number of ether oxygens (including phenoxy) is 2. The van der Waals surface area contributed by atoms with E-state index in [1.165, 1.54) is 0 Å². The van der Waals surface area contributed by atoms with E-state index in [0.717, 1.165) is 30.1 Å². The van der Waals surface area contributed by atoms with E-state index < -0.39 is 0 Å². The van der Waals surface area contributed by atoms with Crippen LogP contribution in [0, 0.1) is 5.41 Å². The lowest BCUT2D eigenvalue weighted by Crippen LogP contribution is -2.62. The average Bonchev–Trinajstić information content (AvgIpc) is 2.81. The van der Waals surface area contributed by atoms with Crippen molar-refractivity contribution in [3.05, 3.63) is 54.4 Å². The summed E-state index contributed by atoms with van der Waals surface area (Å²) in [6, 6.07) is 12.1. The molecule has 3 heterocycles. The van der Waals surface area contributed by atoms with Gasteiger partial charge < -0.3 is 19.3 Å². The molecule has 0 saturated carbocycles. The SMILES string of the molecule is COc1cncc(N2CC3(COCC(=O)N(Cc4ccccc4)C3)C2)c1. The van der Waals surface area contributed by atoms with Crippen LogP contribution in [0.15, 0.2) is 48.8 Å². The van der Waals surface area contributed by atoms with Crippen LogP contribution >= 0.6 is 0 Å². The molecule has 0 N–H and O–H groups in total. The lowest BCUT2D eigenvalue weighted by molar-refractivity contribution is -0.134. The molecule has 136 valence electrons. The Hall–Kier alpha value is -2.60. The van der Waals surface area contributed by atoms with Crippen LogP contribution in [0.3, 0.4) is 0 Å². The number of nitrogens with zero attached hydrogens (tertiary/aromatic N) is 3. The average molecular weight is 353 g/mol. The van der Waals surface area contributed by atoms with Crippen molar-refractivity contribution in [2.45, 2.75) is 6.54 Å². The van der Waals surface area contributed by atoms with Crippen LogP contribution in [0.1, 0.15) is 5.56 Å². The number of aromatic nitrogens is 1. The number of hydrogen-bond donors (Lipinski definition) is 0. The second-order valence-electron chi connectivity index (χ2n) is 7.17. The molecule has 6 nitrogen and oxygen atoms in total. The summed E-state index contributed by atoms with van der Waals surface area (Å²) >= 11 is 0. The van der Waals surface area contributed by atoms with Crippen LogP contribution in [-0.4, -0.2) is 55.7 Å². The van der Waals surface area contributed by atoms with Crippen molar-refractivity contribution in [1.82, 2.24) is 9.88 Å². The van der Waals surface area contributed by atoms with Crippen LogP contribution < -0.4 is 9.64 Å². The summed E-state index contributed by atoms with van der Waals surface area (Å²) in [6.45, 7) is 3.81. The van der Waals surface area contributed by atoms with Gasteiger partial charge in [0.25, 0.3) is 0 Å². The van der Waals surface area contributed by atoms with E-state index in [1.807, 2.05) is 35.4 Å². The zero-order chi connectivity index (χ0) is 18.0. The van der Waals surface area contributed by atoms with Crippen molar-refractivity contribution in [3.63, 3.8) is 0 Å². The number of carbonyl (C=O) groups is 1. The van der Waals surface area contributed by atoms with Crippen LogP contribution in [-0.2, 0) is 16.1 Å². The number of amides is 1. The van der Waals surface area contributed by atoms with Crippen LogP contribution in [0.25, 0.3) is 0 Å². The lowest BCUT2D eigenvalue weighted by atomic mass is 9.79. The van der Waals surface area contributed by atoms with Crippen LogP contribution in [0.4, 0.5) is 5.69 Å². The monoisotopic (exact) mass is 353 g/mol. The van der Waals surface area contributed by atoms with Gasteiger partial charge in [0.15, 0.2) is 0 Å². The Morgan fingerprint density at radius 3 is 2.77 bits per heavy atom. The number of methoxy groups -OCH3 is 1. The molecule has 0 unspecified atom stereocenters. The Morgan fingerprint density at radius 1 is 1.19 bits per heavy atom. The van der Waals surface area contributed by atoms with E-state index in [4.69, 9.17) is 9.47 Å². The van der Waals surface area contributed by atoms with E-state index in [-0.39, 0.29) is 17.9 Å². The molecular formula is C20H23N3O3. The van der Waals surface area contributed by atoms with Gasteiger partial charge in [-0.25, -0.2) is 0 Å². The molecule has 1 spiro atoms. The highest BCUT2D eigenvalue weighted by molar-refractivity contribution is 5.78. The summed E-state index contributed by atoms with van der Waals surface area (Å²) in [5.41, 5.74) is 2.16. The van der Waals surface area contributed by atoms with E-state index in [0.29, 0.717) is 19.7 Å². The summed E-state index contributed by atoms with van der Waals surface area (Å²) in [5, 5.41) is 0. The lowest BCUT2D eigenvalue weighted by Gasteiger charge is -2.51. The molecule has 2 aliphatic heterocycles. The fourth-order valence-electron chi connectivity index (χ4n) is 3.76. The number of anilines is 1. The highest BCUT2D eigenvalue weighted by atomic mass is 16.5. The number of pyridine rings is 1. The van der Waals surface area contributed by atoms with E-state index in [9.17, 15) is 4.79 Å². The minimum atomic E-state index is -0.0238. The largest absolute Gasteiger partial charge is 0.495 e. The molecule has 26 heavy (non-hydrogen) atoms. The van der Waals surface area contributed by atoms with Crippen molar-refractivity contribution in [2.24, 2.45) is 5.41 Å². The van der Waals surface area contributed by atoms with Gasteiger partial charge in [0.1, 0.15) is 12.4 Å². The second kappa shape index (κ2) is 6.96. The quantitative estimate of drug-likeness (QED) is 0.841. The minimum Gasteiger partial charge on any atom is -0.495 e. The first-order valence-corrected chi connectivity index (χ1v) is 8.81. The topological polar surface area (TPSA) is 54.9 Å². The smallest absolute Gasteiger partial charge is 0.248 e. The molecule has 4 rings (SSSR count). The van der Waals surface area contributed by atoms with E-state index in [1.54, 1.807) is 13.3 Å². The number of benzene rings is 1. The second-order valence-corrected chi connectivity index (χ2v) is 7.17. The van der Waals surface area contributed by atoms with Crippen molar-refractivity contribution < 1.29 is 14.3 Å². The maximum Gasteiger partial charge on any atom is 0.248 e. The molecule has 6 heteroatoms. The Morgan fingerprint density at radius 2 is 2.00 bits per heavy atom. The molecule has 0 aliphatic carbocycles. The first-order valence-electron chi connectivity index (χ1n) is 8.81. The van der Waals surface area contributed by atoms with Crippen LogP contribution in [0.5, 0.6) is 5.75 Å². The highest BCUT2D eigenvalue weighted by Gasteiger charge is 2.47. The molecule has 0 bridgehead atoms. The maximum absolute atomic E-state index is 12.4. The summed E-state index contributed by atoms with van der Waals surface area (Å²) in [4.78, 5) is 20.9. The standard InChI is InChI=1S/C20H23N3O3/c1-25-18-7-17(8-21-9-18)23-13-20(14-23)12-22(19(24)11-26-15-20)10-16-5-3-2-4-6-16/h2-9H,10-15H2,1H3. The summed E-state index contributed by atoms with van der Waals surface area (Å²) in [6.07, 6.45) is 3.55. The normalized spacial score (nSPS) is 19.2. The van der Waals surface area contributed by atoms with Crippen molar-refractivity contribution in [2.75, 3.05) is 44.9 Å². The molecule has 1 amide bonds. The fraction of sp³-hybridized carbons (Fsp3) is 0.400. The number of rotatable bonds is 4. The molecule has 1 aromatic heterocycles. The Bertz CT molecular complexity index is 775. The summed E-state index contributed by atoms with van der Waals surface area (Å²) < 4.78 is 11.0.